The van der Waals surface area contributed by atoms with Crippen LogP contribution in [-0.4, -0.2) is 37.2 Å². The van der Waals surface area contributed by atoms with E-state index in [1.165, 1.54) is 0 Å². The fourth-order valence-corrected chi connectivity index (χ4v) is 3.02. The zero-order valence-electron chi connectivity index (χ0n) is 10.5. The molecule has 0 bridgehead atoms. The van der Waals surface area contributed by atoms with Crippen LogP contribution in [-0.2, 0) is 0 Å². The van der Waals surface area contributed by atoms with Crippen LogP contribution in [0.2, 0.25) is 0 Å². The highest BCUT2D eigenvalue weighted by Gasteiger charge is 2.33. The lowest BCUT2D eigenvalue weighted by atomic mass is 9.83. The third kappa shape index (κ3) is 2.52. The molecule has 0 unspecified atom stereocenters. The monoisotopic (exact) mass is 325 g/mol. The van der Waals surface area contributed by atoms with E-state index in [1.54, 1.807) is 6.20 Å². The van der Waals surface area contributed by atoms with Gasteiger partial charge in [-0.15, -0.1) is 0 Å². The van der Waals surface area contributed by atoms with Crippen LogP contribution in [0.4, 0.5) is 0 Å². The molecule has 0 radical (unpaired) electrons. The van der Waals surface area contributed by atoms with Gasteiger partial charge in [0.15, 0.2) is 0 Å². The summed E-state index contributed by atoms with van der Waals surface area (Å²) in [7, 11) is 0. The van der Waals surface area contributed by atoms with Gasteiger partial charge in [-0.2, -0.15) is 5.10 Å². The molecule has 2 aromatic heterocycles. The van der Waals surface area contributed by atoms with Crippen LogP contribution in [0.1, 0.15) is 31.7 Å². The van der Waals surface area contributed by atoms with E-state index in [4.69, 9.17) is 5.11 Å². The standard InChI is InChI=1S/C13H16BrN3O2/c14-12-5-9-7-17(16-11(9)6-15-12)10-1-3-13(19,8-18)4-2-10/h5-7,10,18-19H,1-4,8H2/t10-,13+. The number of nitrogens with zero attached hydrogens (tertiary/aromatic N) is 3. The summed E-state index contributed by atoms with van der Waals surface area (Å²) < 4.78 is 2.77. The van der Waals surface area contributed by atoms with Crippen LogP contribution in [0, 0.1) is 0 Å². The molecule has 6 heteroatoms. The maximum atomic E-state index is 10.0. The first-order valence-corrected chi connectivity index (χ1v) is 7.23. The van der Waals surface area contributed by atoms with Crippen LogP contribution < -0.4 is 0 Å². The Morgan fingerprint density at radius 1 is 1.42 bits per heavy atom. The van der Waals surface area contributed by atoms with Crippen molar-refractivity contribution in [2.75, 3.05) is 6.61 Å². The highest BCUT2D eigenvalue weighted by Crippen LogP contribution is 2.35. The minimum Gasteiger partial charge on any atom is -0.393 e. The van der Waals surface area contributed by atoms with Crippen molar-refractivity contribution in [1.29, 1.82) is 0 Å². The summed E-state index contributed by atoms with van der Waals surface area (Å²) in [6.07, 6.45) is 6.68. The van der Waals surface area contributed by atoms with Crippen molar-refractivity contribution in [3.8, 4) is 0 Å². The molecule has 5 nitrogen and oxygen atoms in total. The average Bonchev–Trinajstić information content (AvgIpc) is 2.82. The van der Waals surface area contributed by atoms with Gasteiger partial charge in [0, 0.05) is 11.6 Å². The smallest absolute Gasteiger partial charge is 0.111 e. The van der Waals surface area contributed by atoms with Gasteiger partial charge in [0.1, 0.15) is 10.1 Å². The number of aliphatic hydroxyl groups excluding tert-OH is 1. The van der Waals surface area contributed by atoms with E-state index in [9.17, 15) is 5.11 Å². The van der Waals surface area contributed by atoms with E-state index < -0.39 is 5.60 Å². The second-order valence-corrected chi connectivity index (χ2v) is 6.10. The Hall–Kier alpha value is -0.980. The number of fused-ring (bicyclic) bond motifs is 1. The van der Waals surface area contributed by atoms with Crippen LogP contribution >= 0.6 is 15.9 Å². The molecule has 0 aromatic carbocycles. The molecule has 1 saturated carbocycles. The zero-order chi connectivity index (χ0) is 13.5. The molecule has 0 amide bonds. The summed E-state index contributed by atoms with van der Waals surface area (Å²) in [5, 5.41) is 24.8. The third-order valence-electron chi connectivity index (χ3n) is 3.93. The first kappa shape index (κ1) is 13.0. The summed E-state index contributed by atoms with van der Waals surface area (Å²) >= 11 is 3.35. The van der Waals surface area contributed by atoms with Crippen LogP contribution in [0.3, 0.4) is 0 Å². The van der Waals surface area contributed by atoms with Crippen molar-refractivity contribution in [2.24, 2.45) is 0 Å². The molecule has 0 aliphatic heterocycles. The van der Waals surface area contributed by atoms with Gasteiger partial charge in [0.2, 0.25) is 0 Å². The minimum atomic E-state index is -0.895. The Morgan fingerprint density at radius 3 is 2.84 bits per heavy atom. The zero-order valence-corrected chi connectivity index (χ0v) is 12.0. The molecular formula is C13H16BrN3O2. The molecule has 2 aromatic rings. The van der Waals surface area contributed by atoms with Crippen molar-refractivity contribution in [2.45, 2.75) is 37.3 Å². The average molecular weight is 326 g/mol. The summed E-state index contributed by atoms with van der Waals surface area (Å²) in [5.41, 5.74) is -0.0144. The van der Waals surface area contributed by atoms with E-state index in [0.29, 0.717) is 12.8 Å². The van der Waals surface area contributed by atoms with Gasteiger partial charge in [-0.3, -0.25) is 4.68 Å². The lowest BCUT2D eigenvalue weighted by molar-refractivity contribution is -0.0510. The fourth-order valence-electron chi connectivity index (χ4n) is 2.67. The second kappa shape index (κ2) is 4.85. The topological polar surface area (TPSA) is 71.2 Å². The molecule has 0 spiro atoms. The second-order valence-electron chi connectivity index (χ2n) is 5.29. The maximum absolute atomic E-state index is 10.0. The largest absolute Gasteiger partial charge is 0.393 e. The number of hydrogen-bond donors (Lipinski definition) is 2. The van der Waals surface area contributed by atoms with E-state index >= 15 is 0 Å². The molecule has 19 heavy (non-hydrogen) atoms. The lowest BCUT2D eigenvalue weighted by Crippen LogP contribution is -2.38. The Morgan fingerprint density at radius 2 is 2.16 bits per heavy atom. The Kier molecular flexibility index (Phi) is 3.32. The Labute approximate surface area is 119 Å². The first-order valence-electron chi connectivity index (χ1n) is 6.43. The molecule has 2 N–H and O–H groups in total. The van der Waals surface area contributed by atoms with Crippen molar-refractivity contribution < 1.29 is 10.2 Å². The minimum absolute atomic E-state index is 0.155. The van der Waals surface area contributed by atoms with Crippen molar-refractivity contribution in [3.63, 3.8) is 0 Å². The van der Waals surface area contributed by atoms with E-state index in [-0.39, 0.29) is 12.6 Å². The number of hydrogen-bond acceptors (Lipinski definition) is 4. The van der Waals surface area contributed by atoms with Gasteiger partial charge in [-0.05, 0) is 47.7 Å². The van der Waals surface area contributed by atoms with Gasteiger partial charge < -0.3 is 10.2 Å². The molecule has 1 aliphatic carbocycles. The number of pyridine rings is 1. The number of halogens is 1. The SMILES string of the molecule is OC[C@]1(O)CC[C@@H](n2cc3cc(Br)ncc3n2)CC1. The molecule has 1 aliphatic rings. The quantitative estimate of drug-likeness (QED) is 0.829. The Bertz CT molecular complexity index is 591. The van der Waals surface area contributed by atoms with Gasteiger partial charge in [-0.25, -0.2) is 4.98 Å². The molecule has 102 valence electrons. The molecule has 0 atom stereocenters. The van der Waals surface area contributed by atoms with E-state index in [1.807, 2.05) is 16.9 Å². The van der Waals surface area contributed by atoms with Crippen molar-refractivity contribution in [3.05, 3.63) is 23.1 Å². The van der Waals surface area contributed by atoms with Crippen LogP contribution in [0.15, 0.2) is 23.1 Å². The highest BCUT2D eigenvalue weighted by molar-refractivity contribution is 9.10. The number of aromatic nitrogens is 3. The van der Waals surface area contributed by atoms with E-state index in [2.05, 4.69) is 26.0 Å². The fraction of sp³-hybridized carbons (Fsp3) is 0.538. The number of rotatable bonds is 2. The summed E-state index contributed by atoms with van der Waals surface area (Å²) in [4.78, 5) is 4.17. The highest BCUT2D eigenvalue weighted by atomic mass is 79.9. The van der Waals surface area contributed by atoms with E-state index in [0.717, 1.165) is 28.3 Å². The molecular weight excluding hydrogens is 310 g/mol. The van der Waals surface area contributed by atoms with Crippen LogP contribution in [0.25, 0.3) is 10.9 Å². The Balaban J connectivity index is 1.82. The predicted molar refractivity (Wildman–Crippen MR) is 74.8 cm³/mol. The molecule has 2 heterocycles. The first-order chi connectivity index (χ1) is 9.09. The van der Waals surface area contributed by atoms with Crippen molar-refractivity contribution >= 4 is 26.8 Å². The predicted octanol–water partition coefficient (Wildman–Crippen LogP) is 2.03. The summed E-state index contributed by atoms with van der Waals surface area (Å²) in [5.74, 6) is 0. The molecule has 1 fully saturated rings. The van der Waals surface area contributed by atoms with Crippen LogP contribution in [0.5, 0.6) is 0 Å². The third-order valence-corrected chi connectivity index (χ3v) is 4.36. The molecule has 0 saturated heterocycles. The lowest BCUT2D eigenvalue weighted by Gasteiger charge is -2.34. The normalized spacial score (nSPS) is 27.8. The van der Waals surface area contributed by atoms with Gasteiger partial charge >= 0.3 is 0 Å². The van der Waals surface area contributed by atoms with Crippen molar-refractivity contribution in [1.82, 2.24) is 14.8 Å². The van der Waals surface area contributed by atoms with Gasteiger partial charge in [0.25, 0.3) is 0 Å². The summed E-state index contributed by atoms with van der Waals surface area (Å²) in [6.45, 7) is -0.155. The maximum Gasteiger partial charge on any atom is 0.111 e. The summed E-state index contributed by atoms with van der Waals surface area (Å²) in [6, 6.07) is 2.24. The number of aliphatic hydroxyl groups is 2. The van der Waals surface area contributed by atoms with Gasteiger partial charge in [-0.1, -0.05) is 0 Å². The molecule has 3 rings (SSSR count). The van der Waals surface area contributed by atoms with Gasteiger partial charge in [0.05, 0.1) is 24.4 Å².